The topological polar surface area (TPSA) is 30.3 Å². The Morgan fingerprint density at radius 3 is 2.57 bits per heavy atom. The molecule has 0 spiro atoms. The van der Waals surface area contributed by atoms with Crippen molar-refractivity contribution in [3.8, 4) is 5.88 Å². The highest BCUT2D eigenvalue weighted by atomic mass is 16.5. The first-order valence-electron chi connectivity index (χ1n) is 8.74. The zero-order chi connectivity index (χ0) is 14.5. The normalized spacial score (nSPS) is 21.6. The second-order valence-electron chi connectivity index (χ2n) is 6.61. The molecule has 3 rings (SSSR count). The third-order valence-corrected chi connectivity index (χ3v) is 4.93. The first-order valence-corrected chi connectivity index (χ1v) is 8.74. The summed E-state index contributed by atoms with van der Waals surface area (Å²) in [6.07, 6.45) is 10.7. The van der Waals surface area contributed by atoms with Gasteiger partial charge < -0.3 is 4.74 Å². The van der Waals surface area contributed by atoms with E-state index in [4.69, 9.17) is 9.84 Å². The van der Waals surface area contributed by atoms with Crippen LogP contribution < -0.4 is 4.74 Å². The van der Waals surface area contributed by atoms with E-state index in [-0.39, 0.29) is 0 Å². The highest BCUT2D eigenvalue weighted by molar-refractivity contribution is 5.15. The molecule has 0 atom stereocenters. The Labute approximate surface area is 128 Å². The van der Waals surface area contributed by atoms with Crippen LogP contribution >= 0.6 is 0 Å². The van der Waals surface area contributed by atoms with Crippen molar-refractivity contribution < 1.29 is 4.74 Å². The van der Waals surface area contributed by atoms with Crippen molar-refractivity contribution in [1.82, 2.24) is 14.7 Å². The molecule has 4 nitrogen and oxygen atoms in total. The number of hydrogen-bond acceptors (Lipinski definition) is 3. The smallest absolute Gasteiger partial charge is 0.233 e. The molecule has 2 heterocycles. The molecule has 2 fully saturated rings. The van der Waals surface area contributed by atoms with E-state index in [1.54, 1.807) is 0 Å². The molecule has 1 aliphatic carbocycles. The fourth-order valence-electron chi connectivity index (χ4n) is 3.69. The number of likely N-dealkylation sites (tertiary alicyclic amines) is 1. The average molecular weight is 291 g/mol. The molecule has 1 saturated heterocycles. The van der Waals surface area contributed by atoms with Crippen molar-refractivity contribution in [3.05, 3.63) is 11.8 Å². The largest absolute Gasteiger partial charge is 0.475 e. The fraction of sp³-hybridized carbons (Fsp3) is 0.824. The van der Waals surface area contributed by atoms with Gasteiger partial charge in [-0.05, 0) is 45.7 Å². The quantitative estimate of drug-likeness (QED) is 0.831. The predicted molar refractivity (Wildman–Crippen MR) is 84.9 cm³/mol. The maximum Gasteiger partial charge on any atom is 0.233 e. The lowest BCUT2D eigenvalue weighted by atomic mass is 9.95. The predicted octanol–water partition coefficient (Wildman–Crippen LogP) is 3.56. The summed E-state index contributed by atoms with van der Waals surface area (Å²) in [5.41, 5.74) is 1.25. The van der Waals surface area contributed by atoms with Gasteiger partial charge in [0.1, 0.15) is 6.61 Å². The van der Waals surface area contributed by atoms with Gasteiger partial charge in [0.2, 0.25) is 5.88 Å². The van der Waals surface area contributed by atoms with Crippen molar-refractivity contribution in [2.75, 3.05) is 26.2 Å². The molecule has 1 saturated carbocycles. The van der Waals surface area contributed by atoms with Crippen molar-refractivity contribution in [2.24, 2.45) is 0 Å². The Balaban J connectivity index is 1.49. The molecule has 1 aromatic heterocycles. The lowest BCUT2D eigenvalue weighted by Crippen LogP contribution is -2.33. The number of piperidine rings is 1. The van der Waals surface area contributed by atoms with E-state index in [1.807, 2.05) is 0 Å². The Kier molecular flexibility index (Phi) is 5.17. The standard InChI is InChI=1S/C17H29N3O/c1-15-14-17(18-20(15)16-8-4-2-5-9-16)21-13-12-19-10-6-3-7-11-19/h14,16H,2-13H2,1H3. The number of hydrogen-bond donors (Lipinski definition) is 0. The van der Waals surface area contributed by atoms with E-state index in [9.17, 15) is 0 Å². The first-order chi connectivity index (χ1) is 10.3. The van der Waals surface area contributed by atoms with Crippen LogP contribution in [0, 0.1) is 6.92 Å². The monoisotopic (exact) mass is 291 g/mol. The molecule has 0 N–H and O–H groups in total. The molecule has 21 heavy (non-hydrogen) atoms. The third-order valence-electron chi connectivity index (χ3n) is 4.93. The molecule has 0 amide bonds. The Morgan fingerprint density at radius 1 is 1.10 bits per heavy atom. The minimum Gasteiger partial charge on any atom is -0.475 e. The summed E-state index contributed by atoms with van der Waals surface area (Å²) in [7, 11) is 0. The summed E-state index contributed by atoms with van der Waals surface area (Å²) in [5, 5.41) is 4.69. The first kappa shape index (κ1) is 14.9. The van der Waals surface area contributed by atoms with Gasteiger partial charge in [0.15, 0.2) is 0 Å². The summed E-state index contributed by atoms with van der Waals surface area (Å²) < 4.78 is 8.09. The average Bonchev–Trinajstić information content (AvgIpc) is 2.90. The summed E-state index contributed by atoms with van der Waals surface area (Å²) in [5.74, 6) is 0.815. The summed E-state index contributed by atoms with van der Waals surface area (Å²) in [4.78, 5) is 2.51. The molecule has 4 heteroatoms. The lowest BCUT2D eigenvalue weighted by molar-refractivity contribution is 0.179. The molecule has 0 aromatic carbocycles. The molecule has 2 aliphatic rings. The third kappa shape index (κ3) is 4.00. The van der Waals surface area contributed by atoms with E-state index >= 15 is 0 Å². The molecular formula is C17H29N3O. The van der Waals surface area contributed by atoms with Crippen LogP contribution in [0.15, 0.2) is 6.07 Å². The second kappa shape index (κ2) is 7.30. The molecule has 0 unspecified atom stereocenters. The number of aryl methyl sites for hydroxylation is 1. The van der Waals surface area contributed by atoms with Gasteiger partial charge in [-0.3, -0.25) is 9.58 Å². The highest BCUT2D eigenvalue weighted by Gasteiger charge is 2.18. The van der Waals surface area contributed by atoms with E-state index < -0.39 is 0 Å². The van der Waals surface area contributed by atoms with Crippen LogP contribution in [0.3, 0.4) is 0 Å². The lowest BCUT2D eigenvalue weighted by Gasteiger charge is -2.25. The van der Waals surface area contributed by atoms with Gasteiger partial charge >= 0.3 is 0 Å². The van der Waals surface area contributed by atoms with Gasteiger partial charge in [0.05, 0.1) is 6.04 Å². The van der Waals surface area contributed by atoms with Crippen LogP contribution in [-0.2, 0) is 0 Å². The van der Waals surface area contributed by atoms with Gasteiger partial charge in [0, 0.05) is 18.3 Å². The number of aromatic nitrogens is 2. The van der Waals surface area contributed by atoms with Crippen molar-refractivity contribution in [1.29, 1.82) is 0 Å². The highest BCUT2D eigenvalue weighted by Crippen LogP contribution is 2.29. The van der Waals surface area contributed by atoms with Crippen LogP contribution in [0.1, 0.15) is 63.1 Å². The molecule has 1 aromatic rings. The van der Waals surface area contributed by atoms with Gasteiger partial charge in [-0.2, -0.15) is 0 Å². The van der Waals surface area contributed by atoms with Gasteiger partial charge in [0.25, 0.3) is 0 Å². The van der Waals surface area contributed by atoms with E-state index in [2.05, 4.69) is 22.6 Å². The van der Waals surface area contributed by atoms with Crippen molar-refractivity contribution in [3.63, 3.8) is 0 Å². The second-order valence-corrected chi connectivity index (χ2v) is 6.61. The molecule has 0 radical (unpaired) electrons. The van der Waals surface area contributed by atoms with Gasteiger partial charge in [-0.25, -0.2) is 0 Å². The maximum atomic E-state index is 5.89. The SMILES string of the molecule is Cc1cc(OCCN2CCCCC2)nn1C1CCCCC1. The minimum atomic E-state index is 0.596. The Morgan fingerprint density at radius 2 is 1.81 bits per heavy atom. The minimum absolute atomic E-state index is 0.596. The van der Waals surface area contributed by atoms with Gasteiger partial charge in [-0.1, -0.05) is 25.7 Å². The summed E-state index contributed by atoms with van der Waals surface area (Å²) in [6, 6.07) is 2.70. The Bertz CT molecular complexity index is 431. The van der Waals surface area contributed by atoms with E-state index in [1.165, 1.54) is 70.2 Å². The fourth-order valence-corrected chi connectivity index (χ4v) is 3.69. The zero-order valence-corrected chi connectivity index (χ0v) is 13.4. The number of rotatable bonds is 5. The molecular weight excluding hydrogens is 262 g/mol. The molecule has 0 bridgehead atoms. The Hall–Kier alpha value is -1.03. The van der Waals surface area contributed by atoms with Crippen molar-refractivity contribution >= 4 is 0 Å². The number of nitrogens with zero attached hydrogens (tertiary/aromatic N) is 3. The summed E-state index contributed by atoms with van der Waals surface area (Å²) >= 11 is 0. The van der Waals surface area contributed by atoms with Crippen LogP contribution in [-0.4, -0.2) is 40.9 Å². The van der Waals surface area contributed by atoms with Crippen molar-refractivity contribution in [2.45, 2.75) is 64.3 Å². The maximum absolute atomic E-state index is 5.89. The van der Waals surface area contributed by atoms with Gasteiger partial charge in [-0.15, -0.1) is 5.10 Å². The summed E-state index contributed by atoms with van der Waals surface area (Å²) in [6.45, 7) is 6.42. The van der Waals surface area contributed by atoms with E-state index in [0.717, 1.165) is 19.0 Å². The van der Waals surface area contributed by atoms with Crippen LogP contribution in [0.4, 0.5) is 0 Å². The van der Waals surface area contributed by atoms with Crippen LogP contribution in [0.5, 0.6) is 5.88 Å². The number of ether oxygens (including phenoxy) is 1. The van der Waals surface area contributed by atoms with Crippen LogP contribution in [0.25, 0.3) is 0 Å². The zero-order valence-electron chi connectivity index (χ0n) is 13.4. The van der Waals surface area contributed by atoms with E-state index in [0.29, 0.717) is 6.04 Å². The molecule has 118 valence electrons. The van der Waals surface area contributed by atoms with Crippen LogP contribution in [0.2, 0.25) is 0 Å². The molecule has 1 aliphatic heterocycles.